The van der Waals surface area contributed by atoms with Crippen molar-refractivity contribution in [1.29, 1.82) is 0 Å². The third-order valence-corrected chi connectivity index (χ3v) is 4.10. The van der Waals surface area contributed by atoms with Crippen LogP contribution in [0.15, 0.2) is 18.2 Å². The molecule has 0 spiro atoms. The van der Waals surface area contributed by atoms with E-state index in [1.54, 1.807) is 19.2 Å². The molecule has 1 fully saturated rings. The lowest BCUT2D eigenvalue weighted by molar-refractivity contribution is 0.178. The number of ether oxygens (including phenoxy) is 1. The number of hydrogen-bond donors (Lipinski definition) is 1. The maximum Gasteiger partial charge on any atom is 0.131 e. The summed E-state index contributed by atoms with van der Waals surface area (Å²) in [5, 5.41) is 0. The van der Waals surface area contributed by atoms with Crippen molar-refractivity contribution in [2.45, 2.75) is 32.2 Å². The number of rotatable bonds is 5. The Morgan fingerprint density at radius 1 is 1.50 bits per heavy atom. The molecule has 0 saturated carbocycles. The second kappa shape index (κ2) is 7.04. The summed E-state index contributed by atoms with van der Waals surface area (Å²) >= 11 is 0. The Morgan fingerprint density at radius 3 is 3.00 bits per heavy atom. The molecule has 0 aromatic heterocycles. The minimum absolute atomic E-state index is 0.274. The predicted molar refractivity (Wildman–Crippen MR) is 79.3 cm³/mol. The van der Waals surface area contributed by atoms with Gasteiger partial charge in [-0.1, -0.05) is 13.0 Å². The van der Waals surface area contributed by atoms with Crippen molar-refractivity contribution in [3.63, 3.8) is 0 Å². The Kier molecular flexibility index (Phi) is 5.38. The molecule has 0 radical (unpaired) electrons. The Balaban J connectivity index is 1.96. The van der Waals surface area contributed by atoms with Gasteiger partial charge in [-0.25, -0.2) is 4.39 Å². The number of nitrogens with zero attached hydrogens (tertiary/aromatic N) is 1. The van der Waals surface area contributed by atoms with Crippen LogP contribution in [0.3, 0.4) is 0 Å². The lowest BCUT2D eigenvalue weighted by Gasteiger charge is -2.31. The number of methoxy groups -OCH3 is 1. The van der Waals surface area contributed by atoms with Crippen molar-refractivity contribution in [3.05, 3.63) is 29.6 Å². The van der Waals surface area contributed by atoms with E-state index in [9.17, 15) is 4.39 Å². The van der Waals surface area contributed by atoms with Crippen molar-refractivity contribution in [2.24, 2.45) is 11.7 Å². The summed E-state index contributed by atoms with van der Waals surface area (Å²) < 4.78 is 19.2. The average Bonchev–Trinajstić information content (AvgIpc) is 2.44. The van der Waals surface area contributed by atoms with E-state index < -0.39 is 0 Å². The molecule has 2 unspecified atom stereocenters. The second-order valence-electron chi connectivity index (χ2n) is 5.80. The minimum Gasteiger partial charge on any atom is -0.496 e. The highest BCUT2D eigenvalue weighted by molar-refractivity contribution is 5.37. The average molecular weight is 280 g/mol. The van der Waals surface area contributed by atoms with Crippen molar-refractivity contribution in [2.75, 3.05) is 26.7 Å². The maximum atomic E-state index is 13.9. The summed E-state index contributed by atoms with van der Waals surface area (Å²) in [6.07, 6.45) is 3.31. The lowest BCUT2D eigenvalue weighted by atomic mass is 9.98. The molecule has 2 rings (SSSR count). The fourth-order valence-corrected chi connectivity index (χ4v) is 3.01. The van der Waals surface area contributed by atoms with Gasteiger partial charge in [0.25, 0.3) is 0 Å². The maximum absolute atomic E-state index is 13.9. The van der Waals surface area contributed by atoms with E-state index in [1.807, 2.05) is 0 Å². The number of likely N-dealkylation sites (tertiary alicyclic amines) is 1. The molecule has 1 aliphatic heterocycles. The highest BCUT2D eigenvalue weighted by atomic mass is 19.1. The number of hydrogen-bond acceptors (Lipinski definition) is 3. The second-order valence-corrected chi connectivity index (χ2v) is 5.80. The SMILES string of the molecule is COc1cccc(F)c1C(N)CCN1CCCC(C)C1. The van der Waals surface area contributed by atoms with E-state index in [0.29, 0.717) is 11.3 Å². The van der Waals surface area contributed by atoms with Crippen LogP contribution in [0.4, 0.5) is 4.39 Å². The molecule has 20 heavy (non-hydrogen) atoms. The van der Waals surface area contributed by atoms with Gasteiger partial charge in [-0.2, -0.15) is 0 Å². The molecule has 0 amide bonds. The van der Waals surface area contributed by atoms with E-state index in [-0.39, 0.29) is 11.9 Å². The first-order chi connectivity index (χ1) is 9.61. The van der Waals surface area contributed by atoms with Crippen LogP contribution >= 0.6 is 0 Å². The first-order valence-corrected chi connectivity index (χ1v) is 7.42. The molecule has 4 heteroatoms. The largest absolute Gasteiger partial charge is 0.496 e. The molecule has 1 aliphatic rings. The molecular weight excluding hydrogens is 255 g/mol. The van der Waals surface area contributed by atoms with Gasteiger partial charge in [0.15, 0.2) is 0 Å². The summed E-state index contributed by atoms with van der Waals surface area (Å²) in [4.78, 5) is 2.43. The summed E-state index contributed by atoms with van der Waals surface area (Å²) in [5.41, 5.74) is 6.68. The fourth-order valence-electron chi connectivity index (χ4n) is 3.01. The van der Waals surface area contributed by atoms with Crippen LogP contribution in [0, 0.1) is 11.7 Å². The van der Waals surface area contributed by atoms with Crippen LogP contribution in [-0.2, 0) is 0 Å². The molecule has 0 aliphatic carbocycles. The topological polar surface area (TPSA) is 38.5 Å². The molecule has 2 atom stereocenters. The van der Waals surface area contributed by atoms with Gasteiger partial charge in [-0.3, -0.25) is 0 Å². The van der Waals surface area contributed by atoms with Gasteiger partial charge in [0.05, 0.1) is 7.11 Å². The fraction of sp³-hybridized carbons (Fsp3) is 0.625. The quantitative estimate of drug-likeness (QED) is 0.901. The van der Waals surface area contributed by atoms with Crippen LogP contribution < -0.4 is 10.5 Å². The van der Waals surface area contributed by atoms with Crippen LogP contribution in [0.2, 0.25) is 0 Å². The van der Waals surface area contributed by atoms with Crippen molar-refractivity contribution >= 4 is 0 Å². The van der Waals surface area contributed by atoms with Crippen LogP contribution in [0.5, 0.6) is 5.75 Å². The number of halogens is 1. The van der Waals surface area contributed by atoms with Gasteiger partial charge in [-0.05, 0) is 50.4 Å². The van der Waals surface area contributed by atoms with Crippen molar-refractivity contribution < 1.29 is 9.13 Å². The smallest absolute Gasteiger partial charge is 0.131 e. The Labute approximate surface area is 120 Å². The highest BCUT2D eigenvalue weighted by Crippen LogP contribution is 2.28. The third kappa shape index (κ3) is 3.70. The molecule has 0 bridgehead atoms. The summed E-state index contributed by atoms with van der Waals surface area (Å²) in [5.74, 6) is 1.02. The Hall–Kier alpha value is -1.13. The monoisotopic (exact) mass is 280 g/mol. The minimum atomic E-state index is -0.316. The van der Waals surface area contributed by atoms with Crippen LogP contribution in [-0.4, -0.2) is 31.6 Å². The van der Waals surface area contributed by atoms with Crippen molar-refractivity contribution in [3.8, 4) is 5.75 Å². The van der Waals surface area contributed by atoms with E-state index in [1.165, 1.54) is 18.9 Å². The summed E-state index contributed by atoms with van der Waals surface area (Å²) in [6.45, 7) is 5.46. The van der Waals surface area contributed by atoms with E-state index in [4.69, 9.17) is 10.5 Å². The van der Waals surface area contributed by atoms with E-state index in [2.05, 4.69) is 11.8 Å². The van der Waals surface area contributed by atoms with E-state index >= 15 is 0 Å². The molecule has 1 aromatic carbocycles. The highest BCUT2D eigenvalue weighted by Gasteiger charge is 2.20. The van der Waals surface area contributed by atoms with Gasteiger partial charge in [0.1, 0.15) is 11.6 Å². The molecule has 1 aromatic rings. The first-order valence-electron chi connectivity index (χ1n) is 7.42. The van der Waals surface area contributed by atoms with E-state index in [0.717, 1.165) is 32.0 Å². The number of piperidine rings is 1. The van der Waals surface area contributed by atoms with Crippen LogP contribution in [0.25, 0.3) is 0 Å². The molecule has 1 heterocycles. The van der Waals surface area contributed by atoms with Gasteiger partial charge >= 0.3 is 0 Å². The molecule has 1 saturated heterocycles. The zero-order chi connectivity index (χ0) is 14.5. The van der Waals surface area contributed by atoms with Gasteiger partial charge in [-0.15, -0.1) is 0 Å². The zero-order valence-corrected chi connectivity index (χ0v) is 12.4. The van der Waals surface area contributed by atoms with Crippen LogP contribution in [0.1, 0.15) is 37.8 Å². The normalized spacial score (nSPS) is 21.7. The zero-order valence-electron chi connectivity index (χ0n) is 12.4. The Morgan fingerprint density at radius 2 is 2.30 bits per heavy atom. The molecular formula is C16H25FN2O. The van der Waals surface area contributed by atoms with Gasteiger partial charge < -0.3 is 15.4 Å². The predicted octanol–water partition coefficient (Wildman–Crippen LogP) is 2.96. The molecule has 2 N–H and O–H groups in total. The number of nitrogens with two attached hydrogens (primary N) is 1. The summed E-state index contributed by atoms with van der Waals surface area (Å²) in [6, 6.07) is 4.54. The lowest BCUT2D eigenvalue weighted by Crippen LogP contribution is -2.36. The first kappa shape index (κ1) is 15.3. The standard InChI is InChI=1S/C16H25FN2O/c1-12-5-4-9-19(11-12)10-8-14(18)16-13(17)6-3-7-15(16)20-2/h3,6-7,12,14H,4-5,8-11,18H2,1-2H3. The third-order valence-electron chi connectivity index (χ3n) is 4.10. The van der Waals surface area contributed by atoms with Gasteiger partial charge in [0, 0.05) is 18.2 Å². The number of benzene rings is 1. The Bertz CT molecular complexity index is 438. The molecule has 3 nitrogen and oxygen atoms in total. The molecule has 112 valence electrons. The van der Waals surface area contributed by atoms with Gasteiger partial charge in [0.2, 0.25) is 0 Å². The summed E-state index contributed by atoms with van der Waals surface area (Å²) in [7, 11) is 1.55. The van der Waals surface area contributed by atoms with Crippen molar-refractivity contribution in [1.82, 2.24) is 4.90 Å².